The van der Waals surface area contributed by atoms with Crippen molar-refractivity contribution >= 4 is 34.7 Å². The molecule has 0 bridgehead atoms. The maximum absolute atomic E-state index is 13.1. The SMILES string of the molecule is COc1ccc(/C(O)=C2/C(=O)C(=O)N(c3ccc(C)cc3)C2c2ccc(O)cc2)cc1Cl. The van der Waals surface area contributed by atoms with Crippen LogP contribution in [0, 0.1) is 6.92 Å². The lowest BCUT2D eigenvalue weighted by atomic mass is 9.95. The zero-order valence-corrected chi connectivity index (χ0v) is 18.1. The van der Waals surface area contributed by atoms with Crippen LogP contribution in [-0.2, 0) is 9.59 Å². The van der Waals surface area contributed by atoms with Crippen LogP contribution in [0.3, 0.4) is 0 Å². The lowest BCUT2D eigenvalue weighted by molar-refractivity contribution is -0.132. The van der Waals surface area contributed by atoms with Crippen molar-refractivity contribution in [3.05, 3.63) is 94.0 Å². The molecule has 0 aliphatic carbocycles. The molecule has 2 N–H and O–H groups in total. The minimum atomic E-state index is -0.890. The zero-order valence-electron chi connectivity index (χ0n) is 17.4. The molecule has 1 heterocycles. The van der Waals surface area contributed by atoms with E-state index in [-0.39, 0.29) is 27.7 Å². The highest BCUT2D eigenvalue weighted by Crippen LogP contribution is 2.43. The van der Waals surface area contributed by atoms with Crippen molar-refractivity contribution in [2.24, 2.45) is 0 Å². The van der Waals surface area contributed by atoms with Gasteiger partial charge in [-0.2, -0.15) is 0 Å². The normalized spacial score (nSPS) is 17.6. The minimum Gasteiger partial charge on any atom is -0.508 e. The highest BCUT2D eigenvalue weighted by Gasteiger charge is 2.47. The van der Waals surface area contributed by atoms with Gasteiger partial charge in [0.2, 0.25) is 0 Å². The first-order valence-corrected chi connectivity index (χ1v) is 10.2. The van der Waals surface area contributed by atoms with E-state index in [1.807, 2.05) is 19.1 Å². The number of hydrogen-bond donors (Lipinski definition) is 2. The first kappa shape index (κ1) is 21.5. The summed E-state index contributed by atoms with van der Waals surface area (Å²) in [7, 11) is 1.47. The molecule has 0 spiro atoms. The number of rotatable bonds is 4. The van der Waals surface area contributed by atoms with Crippen molar-refractivity contribution in [3.63, 3.8) is 0 Å². The minimum absolute atomic E-state index is 0.0444. The van der Waals surface area contributed by atoms with Crippen LogP contribution in [0.15, 0.2) is 72.3 Å². The van der Waals surface area contributed by atoms with Crippen LogP contribution < -0.4 is 9.64 Å². The molecule has 6 nitrogen and oxygen atoms in total. The maximum Gasteiger partial charge on any atom is 0.300 e. The van der Waals surface area contributed by atoms with E-state index in [2.05, 4.69) is 0 Å². The van der Waals surface area contributed by atoms with E-state index in [1.165, 1.54) is 30.2 Å². The summed E-state index contributed by atoms with van der Waals surface area (Å²) in [6.45, 7) is 1.92. The number of aliphatic hydroxyl groups excluding tert-OH is 1. The molecule has 32 heavy (non-hydrogen) atoms. The van der Waals surface area contributed by atoms with Crippen molar-refractivity contribution in [1.29, 1.82) is 0 Å². The van der Waals surface area contributed by atoms with Crippen LogP contribution in [0.2, 0.25) is 5.02 Å². The Morgan fingerprint density at radius 1 is 1.00 bits per heavy atom. The van der Waals surface area contributed by atoms with Crippen molar-refractivity contribution in [2.45, 2.75) is 13.0 Å². The average molecular weight is 450 g/mol. The van der Waals surface area contributed by atoms with Gasteiger partial charge in [0.1, 0.15) is 17.3 Å². The number of anilines is 1. The summed E-state index contributed by atoms with van der Waals surface area (Å²) in [5, 5.41) is 21.1. The van der Waals surface area contributed by atoms with E-state index in [1.54, 1.807) is 36.4 Å². The molecule has 7 heteroatoms. The second-order valence-corrected chi connectivity index (χ2v) is 7.85. The quantitative estimate of drug-likeness (QED) is 0.333. The summed E-state index contributed by atoms with van der Waals surface area (Å²) in [6.07, 6.45) is 0. The molecule has 1 amide bonds. The maximum atomic E-state index is 13.1. The lowest BCUT2D eigenvalue weighted by Crippen LogP contribution is -2.29. The molecule has 1 aliphatic heterocycles. The Kier molecular flexibility index (Phi) is 5.63. The summed E-state index contributed by atoms with van der Waals surface area (Å²) < 4.78 is 5.15. The van der Waals surface area contributed by atoms with Gasteiger partial charge in [0.25, 0.3) is 11.7 Å². The number of aryl methyl sites for hydroxylation is 1. The number of ether oxygens (including phenoxy) is 1. The standard InChI is InChI=1S/C25H20ClNO5/c1-14-3-8-17(9-4-14)27-22(15-5-10-18(28)11-6-15)21(24(30)25(27)31)23(29)16-7-12-20(32-2)19(26)13-16/h3-13,22,28-29H,1-2H3/b23-21-. The first-order valence-electron chi connectivity index (χ1n) is 9.82. The summed E-state index contributed by atoms with van der Waals surface area (Å²) in [5.74, 6) is -1.46. The van der Waals surface area contributed by atoms with Gasteiger partial charge in [-0.15, -0.1) is 0 Å². The Balaban J connectivity index is 1.93. The Hall–Kier alpha value is -3.77. The fourth-order valence-electron chi connectivity index (χ4n) is 3.75. The topological polar surface area (TPSA) is 87.1 Å². The molecule has 3 aromatic rings. The number of benzene rings is 3. The van der Waals surface area contributed by atoms with Gasteiger partial charge < -0.3 is 14.9 Å². The highest BCUT2D eigenvalue weighted by molar-refractivity contribution is 6.51. The van der Waals surface area contributed by atoms with Gasteiger partial charge in [-0.05, 0) is 55.0 Å². The van der Waals surface area contributed by atoms with Crippen molar-refractivity contribution in [3.8, 4) is 11.5 Å². The number of phenols is 1. The van der Waals surface area contributed by atoms with E-state index < -0.39 is 17.7 Å². The van der Waals surface area contributed by atoms with Gasteiger partial charge >= 0.3 is 0 Å². The number of amides is 1. The van der Waals surface area contributed by atoms with Gasteiger partial charge in [-0.3, -0.25) is 14.5 Å². The van der Waals surface area contributed by atoms with Crippen LogP contribution in [0.25, 0.3) is 5.76 Å². The number of aliphatic hydroxyl groups is 1. The number of carbonyl (C=O) groups is 2. The fraction of sp³-hybridized carbons (Fsp3) is 0.120. The van der Waals surface area contributed by atoms with E-state index in [9.17, 15) is 19.8 Å². The molecule has 4 rings (SSSR count). The van der Waals surface area contributed by atoms with Gasteiger partial charge in [-0.25, -0.2) is 0 Å². The Morgan fingerprint density at radius 2 is 1.66 bits per heavy atom. The predicted molar refractivity (Wildman–Crippen MR) is 122 cm³/mol. The van der Waals surface area contributed by atoms with Gasteiger partial charge in [0.05, 0.1) is 23.7 Å². The van der Waals surface area contributed by atoms with Crippen molar-refractivity contribution in [2.75, 3.05) is 12.0 Å². The number of aromatic hydroxyl groups is 1. The second kappa shape index (κ2) is 8.40. The van der Waals surface area contributed by atoms with Crippen LogP contribution in [0.1, 0.15) is 22.7 Å². The number of nitrogens with zero attached hydrogens (tertiary/aromatic N) is 1. The monoisotopic (exact) mass is 449 g/mol. The third kappa shape index (κ3) is 3.69. The molecule has 0 saturated carbocycles. The van der Waals surface area contributed by atoms with Gasteiger partial charge in [-0.1, -0.05) is 41.4 Å². The largest absolute Gasteiger partial charge is 0.508 e. The summed E-state index contributed by atoms with van der Waals surface area (Å²) >= 11 is 6.21. The molecular formula is C25H20ClNO5. The van der Waals surface area contributed by atoms with E-state index in [0.29, 0.717) is 17.0 Å². The molecule has 1 aliphatic rings. The molecule has 1 unspecified atom stereocenters. The van der Waals surface area contributed by atoms with Crippen molar-refractivity contribution in [1.82, 2.24) is 0 Å². The van der Waals surface area contributed by atoms with Gasteiger partial charge in [0.15, 0.2) is 0 Å². The molecule has 1 atom stereocenters. The Morgan fingerprint density at radius 3 is 2.25 bits per heavy atom. The number of Topliss-reactive ketones (excluding diaryl/α,β-unsaturated/α-hetero) is 1. The average Bonchev–Trinajstić information content (AvgIpc) is 3.05. The van der Waals surface area contributed by atoms with Crippen LogP contribution >= 0.6 is 11.6 Å². The van der Waals surface area contributed by atoms with E-state index >= 15 is 0 Å². The molecular weight excluding hydrogens is 430 g/mol. The highest BCUT2D eigenvalue weighted by atomic mass is 35.5. The predicted octanol–water partition coefficient (Wildman–Crippen LogP) is 4.99. The summed E-state index contributed by atoms with van der Waals surface area (Å²) in [5.41, 5.74) is 2.29. The van der Waals surface area contributed by atoms with E-state index in [4.69, 9.17) is 16.3 Å². The number of halogens is 1. The molecule has 162 valence electrons. The summed E-state index contributed by atoms with van der Waals surface area (Å²) in [4.78, 5) is 27.6. The number of ketones is 1. The number of carbonyl (C=O) groups excluding carboxylic acids is 2. The number of phenolic OH excluding ortho intramolecular Hbond substituents is 1. The third-order valence-corrected chi connectivity index (χ3v) is 5.69. The molecule has 0 aromatic heterocycles. The van der Waals surface area contributed by atoms with Crippen LogP contribution in [0.5, 0.6) is 11.5 Å². The number of methoxy groups -OCH3 is 1. The Labute approximate surface area is 189 Å². The smallest absolute Gasteiger partial charge is 0.300 e. The zero-order chi connectivity index (χ0) is 23.0. The third-order valence-electron chi connectivity index (χ3n) is 5.39. The van der Waals surface area contributed by atoms with E-state index in [0.717, 1.165) is 5.56 Å². The molecule has 0 radical (unpaired) electrons. The van der Waals surface area contributed by atoms with Crippen LogP contribution in [0.4, 0.5) is 5.69 Å². The van der Waals surface area contributed by atoms with Gasteiger partial charge in [0, 0.05) is 11.3 Å². The fourth-order valence-corrected chi connectivity index (χ4v) is 4.00. The van der Waals surface area contributed by atoms with Crippen molar-refractivity contribution < 1.29 is 24.5 Å². The van der Waals surface area contributed by atoms with Crippen LogP contribution in [-0.4, -0.2) is 29.0 Å². The molecule has 3 aromatic carbocycles. The first-order chi connectivity index (χ1) is 15.3. The second-order valence-electron chi connectivity index (χ2n) is 7.45. The Bertz CT molecular complexity index is 1230. The molecule has 1 saturated heterocycles. The summed E-state index contributed by atoms with van der Waals surface area (Å²) in [6, 6.07) is 17.1. The number of hydrogen-bond acceptors (Lipinski definition) is 5. The molecule has 1 fully saturated rings. The lowest BCUT2D eigenvalue weighted by Gasteiger charge is -2.25.